The van der Waals surface area contributed by atoms with E-state index in [9.17, 15) is 9.59 Å². The van der Waals surface area contributed by atoms with Crippen LogP contribution in [0.25, 0.3) is 0 Å². The van der Waals surface area contributed by atoms with E-state index in [1.807, 2.05) is 6.92 Å². The number of alkyl carbamates (subject to hydrolysis) is 1. The van der Waals surface area contributed by atoms with Crippen molar-refractivity contribution in [2.24, 2.45) is 5.92 Å². The number of amides is 1. The lowest BCUT2D eigenvalue weighted by atomic mass is 9.97. The van der Waals surface area contributed by atoms with Crippen LogP contribution in [-0.4, -0.2) is 28.8 Å². The van der Waals surface area contributed by atoms with Crippen LogP contribution < -0.4 is 5.32 Å². The van der Waals surface area contributed by atoms with Gasteiger partial charge in [0, 0.05) is 0 Å². The second-order valence-electron chi connectivity index (χ2n) is 5.74. The molecule has 0 saturated heterocycles. The van der Waals surface area contributed by atoms with Gasteiger partial charge in [-0.2, -0.15) is 0 Å². The quantitative estimate of drug-likeness (QED) is 0.698. The van der Waals surface area contributed by atoms with Crippen LogP contribution in [0.3, 0.4) is 0 Å². The topological polar surface area (TPSA) is 75.6 Å². The fourth-order valence-electron chi connectivity index (χ4n) is 1.59. The Morgan fingerprint density at radius 3 is 2.42 bits per heavy atom. The number of allylic oxidation sites excluding steroid dienone is 1. The van der Waals surface area contributed by atoms with Gasteiger partial charge in [0.15, 0.2) is 0 Å². The summed E-state index contributed by atoms with van der Waals surface area (Å²) in [5.41, 5.74) is -0.637. The third-order valence-corrected chi connectivity index (χ3v) is 2.49. The Bertz CT molecular complexity index is 320. The van der Waals surface area contributed by atoms with E-state index in [1.54, 1.807) is 26.8 Å². The Kier molecular flexibility index (Phi) is 7.19. The van der Waals surface area contributed by atoms with Gasteiger partial charge in [-0.15, -0.1) is 6.58 Å². The molecule has 0 aliphatic carbocycles. The first kappa shape index (κ1) is 17.5. The van der Waals surface area contributed by atoms with Gasteiger partial charge in [-0.25, -0.2) is 9.59 Å². The summed E-state index contributed by atoms with van der Waals surface area (Å²) in [6.07, 6.45) is 3.16. The Labute approximate surface area is 115 Å². The van der Waals surface area contributed by atoms with Crippen molar-refractivity contribution < 1.29 is 19.4 Å². The first-order valence-corrected chi connectivity index (χ1v) is 6.49. The predicted molar refractivity (Wildman–Crippen MR) is 74.0 cm³/mol. The largest absolute Gasteiger partial charge is 0.480 e. The van der Waals surface area contributed by atoms with Crippen LogP contribution in [0.5, 0.6) is 0 Å². The summed E-state index contributed by atoms with van der Waals surface area (Å²) in [6, 6.07) is -0.922. The van der Waals surface area contributed by atoms with E-state index in [2.05, 4.69) is 11.9 Å². The molecule has 0 aliphatic heterocycles. The zero-order valence-electron chi connectivity index (χ0n) is 12.2. The highest BCUT2D eigenvalue weighted by atomic mass is 16.6. The molecule has 0 aromatic rings. The number of aliphatic carboxylic acids is 1. The van der Waals surface area contributed by atoms with Crippen molar-refractivity contribution in [3.05, 3.63) is 12.7 Å². The van der Waals surface area contributed by atoms with Crippen LogP contribution in [0.4, 0.5) is 4.79 Å². The number of nitrogens with one attached hydrogen (secondary N) is 1. The molecule has 0 bridgehead atoms. The van der Waals surface area contributed by atoms with Gasteiger partial charge >= 0.3 is 12.1 Å². The lowest BCUT2D eigenvalue weighted by Gasteiger charge is -2.23. The molecule has 2 N–H and O–H groups in total. The maximum atomic E-state index is 11.6. The van der Waals surface area contributed by atoms with Crippen molar-refractivity contribution in [2.45, 2.75) is 58.6 Å². The Morgan fingerprint density at radius 1 is 1.42 bits per heavy atom. The van der Waals surface area contributed by atoms with Crippen LogP contribution in [0, 0.1) is 5.92 Å². The van der Waals surface area contributed by atoms with E-state index in [0.717, 1.165) is 12.8 Å². The van der Waals surface area contributed by atoms with Crippen LogP contribution in [-0.2, 0) is 9.53 Å². The monoisotopic (exact) mass is 271 g/mol. The fraction of sp³-hybridized carbons (Fsp3) is 0.714. The van der Waals surface area contributed by atoms with Gasteiger partial charge in [0.05, 0.1) is 0 Å². The van der Waals surface area contributed by atoms with Crippen LogP contribution in [0.2, 0.25) is 0 Å². The molecule has 0 aromatic heterocycles. The number of carboxylic acid groups (broad SMARTS) is 1. The average Bonchev–Trinajstić information content (AvgIpc) is 2.22. The van der Waals surface area contributed by atoms with Crippen LogP contribution >= 0.6 is 0 Å². The third-order valence-electron chi connectivity index (χ3n) is 2.49. The normalized spacial score (nSPS) is 14.3. The van der Waals surface area contributed by atoms with Crippen molar-refractivity contribution in [3.8, 4) is 0 Å². The number of rotatable bonds is 7. The number of carbonyl (C=O) groups is 2. The molecule has 0 spiro atoms. The third kappa shape index (κ3) is 9.11. The van der Waals surface area contributed by atoms with E-state index in [4.69, 9.17) is 9.84 Å². The molecule has 0 heterocycles. The van der Waals surface area contributed by atoms with Gasteiger partial charge in [0.25, 0.3) is 0 Å². The number of hydrogen-bond donors (Lipinski definition) is 2. The van der Waals surface area contributed by atoms with Crippen LogP contribution in [0.1, 0.15) is 47.0 Å². The summed E-state index contributed by atoms with van der Waals surface area (Å²) in [4.78, 5) is 22.7. The van der Waals surface area contributed by atoms with Gasteiger partial charge < -0.3 is 15.2 Å². The van der Waals surface area contributed by atoms with Gasteiger partial charge in [0.1, 0.15) is 11.6 Å². The van der Waals surface area contributed by atoms with E-state index in [1.165, 1.54) is 0 Å². The van der Waals surface area contributed by atoms with E-state index in [-0.39, 0.29) is 5.92 Å². The summed E-state index contributed by atoms with van der Waals surface area (Å²) in [7, 11) is 0. The van der Waals surface area contributed by atoms with E-state index < -0.39 is 23.7 Å². The van der Waals surface area contributed by atoms with Crippen LogP contribution in [0.15, 0.2) is 12.7 Å². The second kappa shape index (κ2) is 7.81. The molecule has 1 amide bonds. The summed E-state index contributed by atoms with van der Waals surface area (Å²) in [5.74, 6) is -0.856. The average molecular weight is 271 g/mol. The predicted octanol–water partition coefficient (Wildman–Crippen LogP) is 2.96. The first-order chi connectivity index (χ1) is 8.65. The molecule has 5 heteroatoms. The summed E-state index contributed by atoms with van der Waals surface area (Å²) in [6.45, 7) is 10.8. The minimum atomic E-state index is -1.05. The number of ether oxygens (including phenoxy) is 1. The smallest absolute Gasteiger partial charge is 0.408 e. The number of hydrogen-bond acceptors (Lipinski definition) is 3. The Hall–Kier alpha value is -1.52. The summed E-state index contributed by atoms with van der Waals surface area (Å²) in [5, 5.41) is 11.5. The molecule has 19 heavy (non-hydrogen) atoms. The molecule has 0 unspecified atom stereocenters. The highest BCUT2D eigenvalue weighted by Crippen LogP contribution is 2.14. The van der Waals surface area contributed by atoms with Crippen molar-refractivity contribution in [1.29, 1.82) is 0 Å². The molecular formula is C14H25NO4. The molecular weight excluding hydrogens is 246 g/mol. The molecule has 0 fully saturated rings. The highest BCUT2D eigenvalue weighted by Gasteiger charge is 2.25. The Balaban J connectivity index is 4.37. The molecule has 5 nitrogen and oxygen atoms in total. The van der Waals surface area contributed by atoms with Gasteiger partial charge in [0.2, 0.25) is 0 Å². The summed E-state index contributed by atoms with van der Waals surface area (Å²) >= 11 is 0. The fourth-order valence-corrected chi connectivity index (χ4v) is 1.59. The molecule has 0 rings (SSSR count). The number of carboxylic acids is 1. The lowest BCUT2D eigenvalue weighted by Crippen LogP contribution is -2.44. The minimum Gasteiger partial charge on any atom is -0.480 e. The van der Waals surface area contributed by atoms with E-state index in [0.29, 0.717) is 6.42 Å². The van der Waals surface area contributed by atoms with Crippen molar-refractivity contribution in [2.75, 3.05) is 0 Å². The lowest BCUT2D eigenvalue weighted by molar-refractivity contribution is -0.140. The second-order valence-corrected chi connectivity index (χ2v) is 5.74. The summed E-state index contributed by atoms with van der Waals surface area (Å²) < 4.78 is 5.05. The Morgan fingerprint density at radius 2 is 2.00 bits per heavy atom. The van der Waals surface area contributed by atoms with Crippen molar-refractivity contribution >= 4 is 12.1 Å². The van der Waals surface area contributed by atoms with Gasteiger partial charge in [-0.3, -0.25) is 0 Å². The minimum absolute atomic E-state index is 0.189. The molecule has 0 saturated carbocycles. The first-order valence-electron chi connectivity index (χ1n) is 6.49. The number of carbonyl (C=O) groups excluding carboxylic acids is 1. The van der Waals surface area contributed by atoms with Gasteiger partial charge in [-0.1, -0.05) is 13.0 Å². The molecule has 0 aromatic carbocycles. The maximum absolute atomic E-state index is 11.6. The zero-order valence-corrected chi connectivity index (χ0v) is 12.2. The standard InChI is InChI=1S/C14H25NO4/c1-6-7-8-10(2)9-11(12(16)17)15-13(18)19-14(3,4)5/h6,10-11H,1,7-9H2,2-5H3,(H,15,18)(H,16,17)/t10-,11+/m1/s1. The van der Waals surface area contributed by atoms with Gasteiger partial charge in [-0.05, 0) is 46.0 Å². The highest BCUT2D eigenvalue weighted by molar-refractivity contribution is 5.79. The van der Waals surface area contributed by atoms with E-state index >= 15 is 0 Å². The molecule has 2 atom stereocenters. The zero-order chi connectivity index (χ0) is 15.1. The SMILES string of the molecule is C=CCC[C@@H](C)C[C@H](NC(=O)OC(C)(C)C)C(=O)O. The molecule has 0 radical (unpaired) electrons. The van der Waals surface area contributed by atoms with Crippen molar-refractivity contribution in [3.63, 3.8) is 0 Å². The molecule has 110 valence electrons. The molecule has 0 aliphatic rings. The maximum Gasteiger partial charge on any atom is 0.408 e. The van der Waals surface area contributed by atoms with Crippen molar-refractivity contribution in [1.82, 2.24) is 5.32 Å².